The molecule has 0 aromatic rings. The summed E-state index contributed by atoms with van der Waals surface area (Å²) in [5.74, 6) is 0. The van der Waals surface area contributed by atoms with E-state index in [-0.39, 0.29) is 44.1 Å². The van der Waals surface area contributed by atoms with Crippen molar-refractivity contribution in [3.63, 3.8) is 0 Å². The van der Waals surface area contributed by atoms with Gasteiger partial charge in [0.2, 0.25) is 0 Å². The third kappa shape index (κ3) is 47.8. The average molecular weight is 325 g/mol. The molecule has 6 heavy (non-hydrogen) atoms. The molecule has 6 heteroatoms. The van der Waals surface area contributed by atoms with Crippen LogP contribution in [0.3, 0.4) is 0 Å². The molecule has 0 heterocycles. The first kappa shape index (κ1) is 10.5. The molecule has 0 amide bonds. The summed E-state index contributed by atoms with van der Waals surface area (Å²) in [5.41, 5.74) is 0. The Morgan fingerprint density at radius 1 is 1.17 bits per heavy atom. The first-order chi connectivity index (χ1) is 2.00. The number of hydrogen-bond acceptors (Lipinski definition) is 1. The van der Waals surface area contributed by atoms with Crippen molar-refractivity contribution in [2.45, 2.75) is 0 Å². The predicted octanol–water partition coefficient (Wildman–Crippen LogP) is -0.929. The zero-order chi connectivity index (χ0) is 4.50. The van der Waals surface area contributed by atoms with E-state index in [1.165, 1.54) is 0 Å². The maximum Gasteiger partial charge on any atom is 0.466 e. The van der Waals surface area contributed by atoms with Gasteiger partial charge in [-0.05, 0) is 0 Å². The van der Waals surface area contributed by atoms with Gasteiger partial charge in [0, 0.05) is 44.1 Å². The molecule has 35 valence electrons. The maximum atomic E-state index is 8.88. The Morgan fingerprint density at radius 3 is 1.17 bits per heavy atom. The Kier molecular flexibility index (Phi) is 6.21. The van der Waals surface area contributed by atoms with Gasteiger partial charge in [-0.3, -0.25) is 0 Å². The van der Waals surface area contributed by atoms with Crippen LogP contribution in [0.2, 0.25) is 0 Å². The minimum atomic E-state index is -4.64. The zero-order valence-corrected chi connectivity index (χ0v) is 8.41. The van der Waals surface area contributed by atoms with Crippen molar-refractivity contribution in [2.75, 3.05) is 0 Å². The molecule has 0 aliphatic rings. The molecular formula is H3AcO4P. The number of hydrogen-bond donors (Lipinski definition) is 3. The molecule has 0 spiro atoms. The Hall–Kier alpha value is 1.55. The van der Waals surface area contributed by atoms with Crippen LogP contribution >= 0.6 is 7.82 Å². The van der Waals surface area contributed by atoms with Gasteiger partial charge in [0.25, 0.3) is 0 Å². The van der Waals surface area contributed by atoms with Gasteiger partial charge in [-0.15, -0.1) is 0 Å². The van der Waals surface area contributed by atoms with E-state index in [1.807, 2.05) is 0 Å². The molecule has 0 aromatic carbocycles. The maximum absolute atomic E-state index is 8.88. The second-order valence-corrected chi connectivity index (χ2v) is 1.54. The van der Waals surface area contributed by atoms with Crippen LogP contribution in [0.25, 0.3) is 0 Å². The summed E-state index contributed by atoms with van der Waals surface area (Å²) in [6.07, 6.45) is 0. The van der Waals surface area contributed by atoms with Gasteiger partial charge in [-0.25, -0.2) is 4.57 Å². The molecule has 0 rings (SSSR count). The number of phosphoric acid groups is 1. The Morgan fingerprint density at radius 2 is 1.17 bits per heavy atom. The van der Waals surface area contributed by atoms with Crippen molar-refractivity contribution in [1.29, 1.82) is 0 Å². The van der Waals surface area contributed by atoms with Gasteiger partial charge in [-0.1, -0.05) is 0 Å². The summed E-state index contributed by atoms with van der Waals surface area (Å²) < 4.78 is 8.88. The van der Waals surface area contributed by atoms with Crippen LogP contribution in [0.15, 0.2) is 0 Å². The van der Waals surface area contributed by atoms with E-state index in [4.69, 9.17) is 19.2 Å². The fourth-order valence-corrected chi connectivity index (χ4v) is 0. The third-order valence-electron chi connectivity index (χ3n) is 0. The van der Waals surface area contributed by atoms with E-state index in [2.05, 4.69) is 0 Å². The smallest absolute Gasteiger partial charge is 0.303 e. The number of rotatable bonds is 0. The van der Waals surface area contributed by atoms with Crippen molar-refractivity contribution in [3.05, 3.63) is 0 Å². The van der Waals surface area contributed by atoms with Crippen molar-refractivity contribution < 1.29 is 63.3 Å². The third-order valence-corrected chi connectivity index (χ3v) is 0. The van der Waals surface area contributed by atoms with Crippen LogP contribution in [0.4, 0.5) is 0 Å². The zero-order valence-electron chi connectivity index (χ0n) is 2.77. The topological polar surface area (TPSA) is 77.8 Å². The van der Waals surface area contributed by atoms with Crippen LogP contribution in [0, 0.1) is 44.1 Å². The minimum absolute atomic E-state index is 0. The summed E-state index contributed by atoms with van der Waals surface area (Å²) in [7, 11) is -4.64. The molecule has 0 unspecified atom stereocenters. The second kappa shape index (κ2) is 3.54. The molecule has 0 atom stereocenters. The van der Waals surface area contributed by atoms with Crippen molar-refractivity contribution >= 4 is 7.82 Å². The molecular weight excluding hydrogens is 322 g/mol. The fraction of sp³-hybridized carbons (Fsp3) is 0. The van der Waals surface area contributed by atoms with Gasteiger partial charge in [0.05, 0.1) is 0 Å². The van der Waals surface area contributed by atoms with Gasteiger partial charge >= 0.3 is 7.82 Å². The molecule has 0 fully saturated rings. The molecule has 0 aromatic heterocycles. The van der Waals surface area contributed by atoms with E-state index in [1.54, 1.807) is 0 Å². The van der Waals surface area contributed by atoms with E-state index < -0.39 is 7.82 Å². The summed E-state index contributed by atoms with van der Waals surface area (Å²) in [6.45, 7) is 0. The Bertz CT molecular complexity index is 53.7. The molecule has 0 aliphatic carbocycles. The molecule has 1 radical (unpaired) electrons. The summed E-state index contributed by atoms with van der Waals surface area (Å²) in [4.78, 5) is 21.6. The van der Waals surface area contributed by atoms with Gasteiger partial charge in [0.1, 0.15) is 0 Å². The molecule has 4 nitrogen and oxygen atoms in total. The van der Waals surface area contributed by atoms with Crippen LogP contribution in [-0.4, -0.2) is 14.7 Å². The van der Waals surface area contributed by atoms with E-state index in [0.717, 1.165) is 0 Å². The molecule has 0 bridgehead atoms. The molecule has 0 aliphatic heterocycles. The Balaban J connectivity index is 0. The second-order valence-electron chi connectivity index (χ2n) is 0.513. The van der Waals surface area contributed by atoms with Crippen molar-refractivity contribution in [2.24, 2.45) is 0 Å². The summed E-state index contributed by atoms with van der Waals surface area (Å²) in [6, 6.07) is 0. The molecule has 3 N–H and O–H groups in total. The average Bonchev–Trinajstić information content (AvgIpc) is 0.722. The largest absolute Gasteiger partial charge is 0.466 e. The normalized spacial score (nSPS) is 9.83. The quantitative estimate of drug-likeness (QED) is 0.503. The van der Waals surface area contributed by atoms with Gasteiger partial charge < -0.3 is 14.7 Å². The standard InChI is InChI=1S/Ac.H3O4P/c;1-5(2,3)4/h;(H3,1,2,3,4). The molecule has 0 saturated heterocycles. The van der Waals surface area contributed by atoms with Crippen LogP contribution in [-0.2, 0) is 4.57 Å². The van der Waals surface area contributed by atoms with Crippen LogP contribution in [0.1, 0.15) is 0 Å². The molecule has 0 saturated carbocycles. The SMILES string of the molecule is O=P(O)(O)O.[Ac]. The predicted molar refractivity (Wildman–Crippen MR) is 14.3 cm³/mol. The van der Waals surface area contributed by atoms with Gasteiger partial charge in [-0.2, -0.15) is 0 Å². The Labute approximate surface area is 70.4 Å². The van der Waals surface area contributed by atoms with Crippen LogP contribution < -0.4 is 0 Å². The first-order valence-corrected chi connectivity index (χ1v) is 2.35. The van der Waals surface area contributed by atoms with Gasteiger partial charge in [0.15, 0.2) is 0 Å². The van der Waals surface area contributed by atoms with Crippen molar-refractivity contribution in [1.82, 2.24) is 0 Å². The minimum Gasteiger partial charge on any atom is -0.303 e. The van der Waals surface area contributed by atoms with E-state index >= 15 is 0 Å². The fourth-order valence-electron chi connectivity index (χ4n) is 0. The van der Waals surface area contributed by atoms with E-state index in [9.17, 15) is 0 Å². The van der Waals surface area contributed by atoms with Crippen molar-refractivity contribution in [3.8, 4) is 0 Å². The summed E-state index contributed by atoms with van der Waals surface area (Å²) >= 11 is 0. The van der Waals surface area contributed by atoms with Crippen LogP contribution in [0.5, 0.6) is 0 Å². The summed E-state index contributed by atoms with van der Waals surface area (Å²) in [5, 5.41) is 0. The van der Waals surface area contributed by atoms with E-state index in [0.29, 0.717) is 0 Å². The monoisotopic (exact) mass is 325 g/mol. The first-order valence-electron chi connectivity index (χ1n) is 0.783.